The molecule has 0 fully saturated rings. The molecule has 0 unspecified atom stereocenters. The van der Waals surface area contributed by atoms with Crippen LogP contribution in [0.5, 0.6) is 0 Å². The Balaban J connectivity index is 1.97. The van der Waals surface area contributed by atoms with Crippen molar-refractivity contribution in [1.82, 2.24) is 4.90 Å². The van der Waals surface area contributed by atoms with Crippen LogP contribution in [0.2, 0.25) is 0 Å². The Labute approximate surface area is 97.8 Å². The van der Waals surface area contributed by atoms with E-state index < -0.39 is 0 Å². The molecule has 82 valence electrons. The van der Waals surface area contributed by atoms with Crippen molar-refractivity contribution in [2.75, 3.05) is 13.7 Å². The molecule has 0 radical (unpaired) electrons. The van der Waals surface area contributed by atoms with Gasteiger partial charge in [0.1, 0.15) is 18.3 Å². The fourth-order valence-electron chi connectivity index (χ4n) is 1.94. The SMILES string of the molecule is CN1CN=C(N)C2=C1N=C(c1ccsc1)C2. The zero-order chi connectivity index (χ0) is 11.1. The molecule has 2 aliphatic rings. The van der Waals surface area contributed by atoms with Gasteiger partial charge in [-0.25, -0.2) is 9.98 Å². The van der Waals surface area contributed by atoms with Gasteiger partial charge in [0, 0.05) is 24.6 Å². The molecule has 0 spiro atoms. The highest BCUT2D eigenvalue weighted by molar-refractivity contribution is 7.08. The predicted molar refractivity (Wildman–Crippen MR) is 66.8 cm³/mol. The van der Waals surface area contributed by atoms with Crippen molar-refractivity contribution in [3.63, 3.8) is 0 Å². The summed E-state index contributed by atoms with van der Waals surface area (Å²) in [5.74, 6) is 1.62. The topological polar surface area (TPSA) is 54.0 Å². The largest absolute Gasteiger partial charge is 0.384 e. The molecule has 0 aliphatic carbocycles. The maximum Gasteiger partial charge on any atom is 0.137 e. The third-order valence-corrected chi connectivity index (χ3v) is 3.52. The number of rotatable bonds is 1. The quantitative estimate of drug-likeness (QED) is 0.796. The van der Waals surface area contributed by atoms with Crippen LogP contribution in [0.3, 0.4) is 0 Å². The van der Waals surface area contributed by atoms with Crippen molar-refractivity contribution in [2.24, 2.45) is 15.7 Å². The second-order valence-corrected chi connectivity index (χ2v) is 4.71. The molecule has 0 saturated carbocycles. The van der Waals surface area contributed by atoms with Crippen molar-refractivity contribution in [1.29, 1.82) is 0 Å². The maximum absolute atomic E-state index is 5.89. The Morgan fingerprint density at radius 1 is 1.50 bits per heavy atom. The van der Waals surface area contributed by atoms with Gasteiger partial charge in [-0.15, -0.1) is 0 Å². The summed E-state index contributed by atoms with van der Waals surface area (Å²) >= 11 is 1.69. The van der Waals surface area contributed by atoms with E-state index in [0.717, 1.165) is 23.5 Å². The number of nitrogens with two attached hydrogens (primary N) is 1. The van der Waals surface area contributed by atoms with E-state index in [2.05, 4.69) is 26.8 Å². The summed E-state index contributed by atoms with van der Waals surface area (Å²) in [6.45, 7) is 0.602. The lowest BCUT2D eigenvalue weighted by Crippen LogP contribution is -2.29. The van der Waals surface area contributed by atoms with Gasteiger partial charge in [0.2, 0.25) is 0 Å². The van der Waals surface area contributed by atoms with Gasteiger partial charge in [0.25, 0.3) is 0 Å². The fourth-order valence-corrected chi connectivity index (χ4v) is 2.61. The molecule has 1 aromatic rings. The van der Waals surface area contributed by atoms with Crippen LogP contribution in [0.25, 0.3) is 0 Å². The minimum absolute atomic E-state index is 0.602. The summed E-state index contributed by atoms with van der Waals surface area (Å²) in [4.78, 5) is 10.9. The van der Waals surface area contributed by atoms with Crippen LogP contribution in [-0.4, -0.2) is 30.2 Å². The van der Waals surface area contributed by atoms with Crippen molar-refractivity contribution >= 4 is 22.9 Å². The molecule has 5 heteroatoms. The van der Waals surface area contributed by atoms with Crippen LogP contribution in [0.15, 0.2) is 38.2 Å². The van der Waals surface area contributed by atoms with Gasteiger partial charge in [0.05, 0.1) is 5.71 Å². The van der Waals surface area contributed by atoms with E-state index >= 15 is 0 Å². The van der Waals surface area contributed by atoms with E-state index in [1.807, 2.05) is 11.9 Å². The monoisotopic (exact) mass is 232 g/mol. The van der Waals surface area contributed by atoms with Gasteiger partial charge >= 0.3 is 0 Å². The highest BCUT2D eigenvalue weighted by Crippen LogP contribution is 2.28. The summed E-state index contributed by atoms with van der Waals surface area (Å²) in [7, 11) is 1.99. The van der Waals surface area contributed by atoms with E-state index in [1.54, 1.807) is 11.3 Å². The first-order valence-electron chi connectivity index (χ1n) is 5.10. The van der Waals surface area contributed by atoms with Gasteiger partial charge in [-0.2, -0.15) is 11.3 Å². The van der Waals surface area contributed by atoms with Crippen molar-refractivity contribution in [3.05, 3.63) is 33.8 Å². The van der Waals surface area contributed by atoms with E-state index in [9.17, 15) is 0 Å². The number of thiophene rings is 1. The lowest BCUT2D eigenvalue weighted by atomic mass is 10.1. The average Bonchev–Trinajstić information content (AvgIpc) is 2.90. The molecule has 3 heterocycles. The lowest BCUT2D eigenvalue weighted by molar-refractivity contribution is 0.421. The van der Waals surface area contributed by atoms with Crippen molar-refractivity contribution in [2.45, 2.75) is 6.42 Å². The first-order chi connectivity index (χ1) is 7.75. The third-order valence-electron chi connectivity index (χ3n) is 2.83. The number of aliphatic imine (C=N–C) groups is 2. The molecule has 0 amide bonds. The van der Waals surface area contributed by atoms with Crippen LogP contribution >= 0.6 is 11.3 Å². The molecule has 0 aromatic carbocycles. The van der Waals surface area contributed by atoms with Crippen LogP contribution < -0.4 is 5.73 Å². The molecule has 4 nitrogen and oxygen atoms in total. The molecule has 16 heavy (non-hydrogen) atoms. The summed E-state index contributed by atoms with van der Waals surface area (Å²) < 4.78 is 0. The van der Waals surface area contributed by atoms with E-state index in [1.165, 1.54) is 5.56 Å². The number of nitrogens with zero attached hydrogens (tertiary/aromatic N) is 3. The molecule has 0 atom stereocenters. The summed E-state index contributed by atoms with van der Waals surface area (Å²) in [5.41, 5.74) is 9.25. The number of hydrogen-bond donors (Lipinski definition) is 1. The van der Waals surface area contributed by atoms with Crippen LogP contribution in [0.1, 0.15) is 12.0 Å². The van der Waals surface area contributed by atoms with Crippen molar-refractivity contribution in [3.8, 4) is 0 Å². The predicted octanol–water partition coefficient (Wildman–Crippen LogP) is 1.41. The Hall–Kier alpha value is -1.62. The first kappa shape index (κ1) is 9.59. The molecule has 0 bridgehead atoms. The average molecular weight is 232 g/mol. The normalized spacial score (nSPS) is 19.7. The maximum atomic E-state index is 5.89. The number of amidine groups is 1. The van der Waals surface area contributed by atoms with Gasteiger partial charge in [-0.1, -0.05) is 0 Å². The molecule has 1 aromatic heterocycles. The number of hydrogen-bond acceptors (Lipinski definition) is 5. The van der Waals surface area contributed by atoms with Crippen LogP contribution in [0.4, 0.5) is 0 Å². The van der Waals surface area contributed by atoms with Gasteiger partial charge in [-0.3, -0.25) is 0 Å². The van der Waals surface area contributed by atoms with Gasteiger partial charge in [0.15, 0.2) is 0 Å². The smallest absolute Gasteiger partial charge is 0.137 e. The molecule has 2 aliphatic heterocycles. The van der Waals surface area contributed by atoms with Crippen LogP contribution in [0, 0.1) is 0 Å². The highest BCUT2D eigenvalue weighted by Gasteiger charge is 2.26. The highest BCUT2D eigenvalue weighted by atomic mass is 32.1. The second kappa shape index (κ2) is 3.45. The van der Waals surface area contributed by atoms with Gasteiger partial charge < -0.3 is 10.6 Å². The Bertz CT molecular complexity index is 510. The first-order valence-corrected chi connectivity index (χ1v) is 6.04. The standard InChI is InChI=1S/C11H12N4S/c1-15-6-13-10(12)8-4-9(14-11(8)15)7-2-3-16-5-7/h2-3,5H,4,6H2,1H3,(H2,12,13). The Kier molecular flexibility index (Phi) is 2.07. The lowest BCUT2D eigenvalue weighted by Gasteiger charge is -2.21. The van der Waals surface area contributed by atoms with E-state index in [0.29, 0.717) is 12.5 Å². The minimum Gasteiger partial charge on any atom is -0.384 e. The molecule has 3 rings (SSSR count). The molecular weight excluding hydrogens is 220 g/mol. The molecule has 0 saturated heterocycles. The van der Waals surface area contributed by atoms with E-state index in [-0.39, 0.29) is 0 Å². The third kappa shape index (κ3) is 1.36. The van der Waals surface area contributed by atoms with Crippen molar-refractivity contribution < 1.29 is 0 Å². The second-order valence-electron chi connectivity index (χ2n) is 3.93. The zero-order valence-electron chi connectivity index (χ0n) is 8.97. The zero-order valence-corrected chi connectivity index (χ0v) is 9.79. The van der Waals surface area contributed by atoms with Crippen LogP contribution in [-0.2, 0) is 0 Å². The Morgan fingerprint density at radius 2 is 2.38 bits per heavy atom. The van der Waals surface area contributed by atoms with E-state index in [4.69, 9.17) is 5.73 Å². The summed E-state index contributed by atoms with van der Waals surface area (Å²) in [5, 5.41) is 4.18. The molecular formula is C11H12N4S. The fraction of sp³-hybridized carbons (Fsp3) is 0.273. The minimum atomic E-state index is 0.602. The summed E-state index contributed by atoms with van der Waals surface area (Å²) in [6.07, 6.45) is 0.797. The Morgan fingerprint density at radius 3 is 3.06 bits per heavy atom. The molecule has 2 N–H and O–H groups in total. The van der Waals surface area contributed by atoms with Gasteiger partial charge in [-0.05, 0) is 16.8 Å². The summed E-state index contributed by atoms with van der Waals surface area (Å²) in [6, 6.07) is 2.09.